The minimum atomic E-state index is -4.03. The lowest BCUT2D eigenvalue weighted by Gasteiger charge is -2.27. The van der Waals surface area contributed by atoms with E-state index in [1.807, 2.05) is 62.4 Å². The van der Waals surface area contributed by atoms with Crippen molar-refractivity contribution in [1.82, 2.24) is 5.32 Å². The molecule has 0 aliphatic heterocycles. The van der Waals surface area contributed by atoms with Gasteiger partial charge in [0.05, 0.1) is 10.6 Å². The molecule has 0 saturated carbocycles. The predicted octanol–water partition coefficient (Wildman–Crippen LogP) is 4.94. The lowest BCUT2D eigenvalue weighted by atomic mass is 10.1. The first kappa shape index (κ1) is 23.1. The number of sulfonamides is 1. The summed E-state index contributed by atoms with van der Waals surface area (Å²) >= 11 is 0. The van der Waals surface area contributed by atoms with Crippen LogP contribution in [0, 0.1) is 13.8 Å². The molecule has 178 valence electrons. The maximum absolute atomic E-state index is 14.1. The number of hydrogen-bond acceptors (Lipinski definition) is 3. The number of fused-ring (bicyclic) bond motifs is 2. The molecule has 1 aliphatic carbocycles. The number of benzene rings is 4. The van der Waals surface area contributed by atoms with Crippen molar-refractivity contribution in [2.24, 2.45) is 0 Å². The van der Waals surface area contributed by atoms with Crippen molar-refractivity contribution in [2.75, 3.05) is 10.8 Å². The molecular formula is C29H28N2O3S. The largest absolute Gasteiger partial charge is 0.351 e. The zero-order chi connectivity index (χ0) is 24.6. The summed E-state index contributed by atoms with van der Waals surface area (Å²) in [6, 6.07) is 26.3. The van der Waals surface area contributed by atoms with Gasteiger partial charge in [0.25, 0.3) is 10.0 Å². The predicted molar refractivity (Wildman–Crippen MR) is 140 cm³/mol. The van der Waals surface area contributed by atoms with Gasteiger partial charge in [0.1, 0.15) is 6.54 Å². The fourth-order valence-electron chi connectivity index (χ4n) is 4.91. The zero-order valence-electron chi connectivity index (χ0n) is 19.9. The normalized spacial score (nSPS) is 13.5. The summed E-state index contributed by atoms with van der Waals surface area (Å²) in [5.74, 6) is -0.312. The van der Waals surface area contributed by atoms with Gasteiger partial charge in [-0.25, -0.2) is 8.42 Å². The summed E-state index contributed by atoms with van der Waals surface area (Å²) in [6.07, 6.45) is 1.50. The number of anilines is 1. The van der Waals surface area contributed by atoms with Crippen molar-refractivity contribution in [3.63, 3.8) is 0 Å². The van der Waals surface area contributed by atoms with E-state index in [0.717, 1.165) is 29.4 Å². The molecule has 0 saturated heterocycles. The van der Waals surface area contributed by atoms with Crippen LogP contribution in [0.2, 0.25) is 0 Å². The molecular weight excluding hydrogens is 456 g/mol. The topological polar surface area (TPSA) is 66.5 Å². The number of rotatable bonds is 6. The van der Waals surface area contributed by atoms with Crippen molar-refractivity contribution in [1.29, 1.82) is 0 Å². The quantitative estimate of drug-likeness (QED) is 0.422. The molecule has 5 rings (SSSR count). The first-order chi connectivity index (χ1) is 16.8. The Balaban J connectivity index is 1.50. The minimum absolute atomic E-state index is 0.0411. The summed E-state index contributed by atoms with van der Waals surface area (Å²) < 4.78 is 29.5. The van der Waals surface area contributed by atoms with Gasteiger partial charge in [-0.2, -0.15) is 0 Å². The number of hydrogen-bond donors (Lipinski definition) is 1. The van der Waals surface area contributed by atoms with E-state index in [4.69, 9.17) is 0 Å². The van der Waals surface area contributed by atoms with Crippen LogP contribution in [0.4, 0.5) is 5.69 Å². The van der Waals surface area contributed by atoms with Gasteiger partial charge in [0.15, 0.2) is 0 Å². The number of nitrogens with zero attached hydrogens (tertiary/aromatic N) is 1. The standard InChI is InChI=1S/C29H28N2O3S/c1-20-9-7-15-27(21(20)2)31(19-29(32)30-25-17-23-11-3-4-12-24(23)18-25)35(33,34)28-16-8-13-22-10-5-6-14-26(22)28/h3-16,25H,17-19H2,1-2H3,(H,30,32). The molecule has 0 heterocycles. The molecule has 0 spiro atoms. The van der Waals surface area contributed by atoms with Gasteiger partial charge >= 0.3 is 0 Å². The fourth-order valence-corrected chi connectivity index (χ4v) is 6.61. The second kappa shape index (κ2) is 9.19. The van der Waals surface area contributed by atoms with Gasteiger partial charge in [0.2, 0.25) is 5.91 Å². The third-order valence-electron chi connectivity index (χ3n) is 6.87. The number of carbonyl (C=O) groups is 1. The maximum atomic E-state index is 14.1. The molecule has 0 unspecified atom stereocenters. The first-order valence-corrected chi connectivity index (χ1v) is 13.2. The van der Waals surface area contributed by atoms with E-state index >= 15 is 0 Å². The highest BCUT2D eigenvalue weighted by Crippen LogP contribution is 2.32. The molecule has 4 aromatic rings. The second-order valence-corrected chi connectivity index (χ2v) is 11.0. The third-order valence-corrected chi connectivity index (χ3v) is 8.68. The van der Waals surface area contributed by atoms with Crippen molar-refractivity contribution in [3.05, 3.63) is 107 Å². The zero-order valence-corrected chi connectivity index (χ0v) is 20.7. The molecule has 0 fully saturated rings. The number of amides is 1. The molecule has 0 aromatic heterocycles. The Morgan fingerprint density at radius 2 is 1.49 bits per heavy atom. The summed E-state index contributed by atoms with van der Waals surface area (Å²) in [4.78, 5) is 13.4. The lowest BCUT2D eigenvalue weighted by molar-refractivity contribution is -0.120. The SMILES string of the molecule is Cc1cccc(N(CC(=O)NC2Cc3ccccc3C2)S(=O)(=O)c2cccc3ccccc23)c1C. The maximum Gasteiger partial charge on any atom is 0.265 e. The van der Waals surface area contributed by atoms with Crippen LogP contribution in [-0.4, -0.2) is 26.9 Å². The molecule has 0 bridgehead atoms. The summed E-state index contributed by atoms with van der Waals surface area (Å²) in [5.41, 5.74) is 4.77. The van der Waals surface area contributed by atoms with Crippen LogP contribution < -0.4 is 9.62 Å². The Labute approximate surface area is 206 Å². The molecule has 1 aliphatic rings. The second-order valence-electron chi connectivity index (χ2n) is 9.15. The Morgan fingerprint density at radius 1 is 0.857 bits per heavy atom. The van der Waals surface area contributed by atoms with Crippen LogP contribution in [0.1, 0.15) is 22.3 Å². The van der Waals surface area contributed by atoms with Crippen LogP contribution in [-0.2, 0) is 27.7 Å². The summed E-state index contributed by atoms with van der Waals surface area (Å²) in [7, 11) is -4.03. The van der Waals surface area contributed by atoms with E-state index in [1.165, 1.54) is 15.4 Å². The van der Waals surface area contributed by atoms with Crippen LogP contribution in [0.25, 0.3) is 10.8 Å². The molecule has 35 heavy (non-hydrogen) atoms. The monoisotopic (exact) mass is 484 g/mol. The Kier molecular flexibility index (Phi) is 6.07. The highest BCUT2D eigenvalue weighted by atomic mass is 32.2. The van der Waals surface area contributed by atoms with Crippen molar-refractivity contribution >= 4 is 32.4 Å². The van der Waals surface area contributed by atoms with Crippen LogP contribution in [0.3, 0.4) is 0 Å². The number of nitrogens with one attached hydrogen (secondary N) is 1. The van der Waals surface area contributed by atoms with Gasteiger partial charge in [-0.1, -0.05) is 72.8 Å². The van der Waals surface area contributed by atoms with Crippen LogP contribution in [0.15, 0.2) is 89.8 Å². The van der Waals surface area contributed by atoms with E-state index in [1.54, 1.807) is 24.3 Å². The Hall–Kier alpha value is -3.64. The van der Waals surface area contributed by atoms with Crippen LogP contribution in [0.5, 0.6) is 0 Å². The van der Waals surface area contributed by atoms with Gasteiger partial charge in [-0.3, -0.25) is 9.10 Å². The van der Waals surface area contributed by atoms with Crippen molar-refractivity contribution in [2.45, 2.75) is 37.6 Å². The average Bonchev–Trinajstić information content (AvgIpc) is 3.26. The first-order valence-electron chi connectivity index (χ1n) is 11.8. The van der Waals surface area contributed by atoms with Gasteiger partial charge in [-0.15, -0.1) is 0 Å². The highest BCUT2D eigenvalue weighted by molar-refractivity contribution is 7.93. The summed E-state index contributed by atoms with van der Waals surface area (Å²) in [5, 5.41) is 4.55. The average molecular weight is 485 g/mol. The van der Waals surface area contributed by atoms with E-state index in [9.17, 15) is 13.2 Å². The molecule has 0 atom stereocenters. The minimum Gasteiger partial charge on any atom is -0.351 e. The van der Waals surface area contributed by atoms with E-state index in [0.29, 0.717) is 11.1 Å². The number of aryl methyl sites for hydroxylation is 1. The van der Waals surface area contributed by atoms with Crippen LogP contribution >= 0.6 is 0 Å². The third kappa shape index (κ3) is 4.42. The summed E-state index contributed by atoms with van der Waals surface area (Å²) in [6.45, 7) is 3.54. The molecule has 5 nitrogen and oxygen atoms in total. The number of carbonyl (C=O) groups excluding carboxylic acids is 1. The van der Waals surface area contributed by atoms with E-state index < -0.39 is 10.0 Å². The molecule has 4 aromatic carbocycles. The van der Waals surface area contributed by atoms with Gasteiger partial charge in [0, 0.05) is 11.4 Å². The van der Waals surface area contributed by atoms with Gasteiger partial charge < -0.3 is 5.32 Å². The molecule has 1 amide bonds. The Morgan fingerprint density at radius 3 is 2.23 bits per heavy atom. The van der Waals surface area contributed by atoms with E-state index in [-0.39, 0.29) is 23.4 Å². The molecule has 6 heteroatoms. The highest BCUT2D eigenvalue weighted by Gasteiger charge is 2.31. The smallest absolute Gasteiger partial charge is 0.265 e. The molecule has 0 radical (unpaired) electrons. The van der Waals surface area contributed by atoms with Gasteiger partial charge in [-0.05, 0) is 66.5 Å². The fraction of sp³-hybridized carbons (Fsp3) is 0.207. The van der Waals surface area contributed by atoms with Crippen molar-refractivity contribution < 1.29 is 13.2 Å². The van der Waals surface area contributed by atoms with Crippen molar-refractivity contribution in [3.8, 4) is 0 Å². The Bertz CT molecular complexity index is 1500. The molecule has 1 N–H and O–H groups in total. The van der Waals surface area contributed by atoms with E-state index in [2.05, 4.69) is 17.4 Å². The lowest BCUT2D eigenvalue weighted by Crippen LogP contribution is -2.45.